The van der Waals surface area contributed by atoms with Crippen molar-refractivity contribution < 1.29 is 9.13 Å². The molecule has 0 N–H and O–H groups in total. The van der Waals surface area contributed by atoms with Gasteiger partial charge in [0.1, 0.15) is 6.10 Å². The molecule has 0 atom stereocenters. The van der Waals surface area contributed by atoms with E-state index in [9.17, 15) is 4.39 Å². The van der Waals surface area contributed by atoms with Gasteiger partial charge in [-0.15, -0.1) is 0 Å². The topological polar surface area (TPSA) is 9.23 Å². The Labute approximate surface area is 91.8 Å². The molecule has 1 aliphatic rings. The number of rotatable bonds is 1. The van der Waals surface area contributed by atoms with Crippen LogP contribution in [0, 0.1) is 11.9 Å². The molecule has 4 heteroatoms. The molecule has 0 amide bonds. The molecule has 1 fully saturated rings. The van der Waals surface area contributed by atoms with E-state index in [1.54, 1.807) is 12.1 Å². The van der Waals surface area contributed by atoms with Crippen LogP contribution in [0.5, 0.6) is 0 Å². The molecule has 1 aromatic rings. The summed E-state index contributed by atoms with van der Waals surface area (Å²) in [4.78, 5) is 0. The monoisotopic (exact) mass is 233 g/mol. The van der Waals surface area contributed by atoms with Gasteiger partial charge < -0.3 is 4.74 Å². The maximum absolute atomic E-state index is 13.1. The van der Waals surface area contributed by atoms with E-state index in [0.717, 1.165) is 24.5 Å². The number of hydrogen-bond acceptors (Lipinski definition) is 1. The van der Waals surface area contributed by atoms with Crippen molar-refractivity contribution in [3.8, 4) is 0 Å². The highest BCUT2D eigenvalue weighted by molar-refractivity contribution is 6.35. The summed E-state index contributed by atoms with van der Waals surface area (Å²) in [6.45, 7) is 0.710. The third kappa shape index (κ3) is 1.88. The zero-order valence-electron chi connectivity index (χ0n) is 7.32. The molecule has 0 aliphatic carbocycles. The number of hydrogen-bond donors (Lipinski definition) is 0. The molecular weight excluding hydrogens is 226 g/mol. The van der Waals surface area contributed by atoms with Crippen molar-refractivity contribution >= 4 is 23.2 Å². The fourth-order valence-corrected chi connectivity index (χ4v) is 1.93. The van der Waals surface area contributed by atoms with Gasteiger partial charge in [-0.2, -0.15) is 0 Å². The Morgan fingerprint density at radius 1 is 1.21 bits per heavy atom. The molecule has 1 aromatic carbocycles. The first-order valence-corrected chi connectivity index (χ1v) is 5.07. The van der Waals surface area contributed by atoms with Crippen LogP contribution < -0.4 is 0 Å². The quantitative estimate of drug-likeness (QED) is 0.671. The van der Waals surface area contributed by atoms with Gasteiger partial charge in [0.15, 0.2) is 5.82 Å². The van der Waals surface area contributed by atoms with E-state index < -0.39 is 5.82 Å². The number of halogens is 3. The van der Waals surface area contributed by atoms with Gasteiger partial charge in [-0.3, -0.25) is 0 Å². The predicted octanol–water partition coefficient (Wildman–Crippen LogP) is 3.82. The Morgan fingerprint density at radius 2 is 1.86 bits per heavy atom. The summed E-state index contributed by atoms with van der Waals surface area (Å²) in [5.74, 6) is -0.573. The van der Waals surface area contributed by atoms with Crippen LogP contribution in [-0.4, -0.2) is 6.61 Å². The minimum Gasteiger partial charge on any atom is -0.367 e. The first-order chi connectivity index (χ1) is 6.68. The first-order valence-electron chi connectivity index (χ1n) is 4.32. The van der Waals surface area contributed by atoms with Crippen molar-refractivity contribution in [2.75, 3.05) is 6.61 Å². The van der Waals surface area contributed by atoms with Crippen LogP contribution in [0.15, 0.2) is 12.1 Å². The molecule has 0 bridgehead atoms. The molecule has 1 nitrogen and oxygen atoms in total. The summed E-state index contributed by atoms with van der Waals surface area (Å²) >= 11 is 11.3. The highest BCUT2D eigenvalue weighted by Crippen LogP contribution is 2.33. The molecular formula is C10H8Cl2FO. The van der Waals surface area contributed by atoms with Gasteiger partial charge in [-0.1, -0.05) is 23.2 Å². The third-order valence-corrected chi connectivity index (χ3v) is 2.68. The van der Waals surface area contributed by atoms with Gasteiger partial charge in [0.2, 0.25) is 0 Å². The van der Waals surface area contributed by atoms with E-state index in [1.807, 2.05) is 0 Å². The maximum atomic E-state index is 13.1. The lowest BCUT2D eigenvalue weighted by Gasteiger charge is -2.09. The smallest absolute Gasteiger partial charge is 0.160 e. The van der Waals surface area contributed by atoms with Gasteiger partial charge in [-0.25, -0.2) is 4.39 Å². The van der Waals surface area contributed by atoms with E-state index in [0.29, 0.717) is 6.61 Å². The standard InChI is InChI=1S/C10H8Cl2FO/c11-7-4-6(5-8(12)10(7)13)9-2-1-3-14-9/h4-5H,1-3H2. The highest BCUT2D eigenvalue weighted by atomic mass is 35.5. The predicted molar refractivity (Wildman–Crippen MR) is 54.0 cm³/mol. The summed E-state index contributed by atoms with van der Waals surface area (Å²) in [6, 6.07) is 3.09. The van der Waals surface area contributed by atoms with Crippen LogP contribution in [-0.2, 0) is 4.74 Å². The van der Waals surface area contributed by atoms with Gasteiger partial charge in [0, 0.05) is 6.61 Å². The minimum atomic E-state index is -0.573. The van der Waals surface area contributed by atoms with E-state index >= 15 is 0 Å². The molecule has 2 rings (SSSR count). The Hall–Kier alpha value is -0.310. The second-order valence-corrected chi connectivity index (χ2v) is 3.94. The Bertz CT molecular complexity index is 325. The van der Waals surface area contributed by atoms with Crippen molar-refractivity contribution in [1.82, 2.24) is 0 Å². The van der Waals surface area contributed by atoms with Crippen molar-refractivity contribution in [3.05, 3.63) is 39.7 Å². The summed E-state index contributed by atoms with van der Waals surface area (Å²) in [5, 5.41) is 0.0750. The summed E-state index contributed by atoms with van der Waals surface area (Å²) in [6.07, 6.45) is 2.69. The Morgan fingerprint density at radius 3 is 2.36 bits per heavy atom. The normalized spacial score (nSPS) is 17.6. The van der Waals surface area contributed by atoms with Crippen molar-refractivity contribution in [2.45, 2.75) is 12.8 Å². The lowest BCUT2D eigenvalue weighted by Crippen LogP contribution is -1.97. The molecule has 0 saturated carbocycles. The van der Waals surface area contributed by atoms with Crippen LogP contribution in [0.4, 0.5) is 4.39 Å². The zero-order valence-corrected chi connectivity index (χ0v) is 8.83. The van der Waals surface area contributed by atoms with Crippen LogP contribution in [0.2, 0.25) is 10.0 Å². The van der Waals surface area contributed by atoms with Crippen molar-refractivity contribution in [1.29, 1.82) is 0 Å². The molecule has 0 spiro atoms. The Kier molecular flexibility index (Phi) is 2.96. The SMILES string of the molecule is Fc1c(Cl)cc([C]2CCCO2)cc1Cl. The maximum Gasteiger partial charge on any atom is 0.160 e. The van der Waals surface area contributed by atoms with Gasteiger partial charge in [0.05, 0.1) is 10.0 Å². The molecule has 1 aliphatic heterocycles. The van der Waals surface area contributed by atoms with E-state index in [-0.39, 0.29) is 10.0 Å². The van der Waals surface area contributed by atoms with Crippen LogP contribution in [0.3, 0.4) is 0 Å². The van der Waals surface area contributed by atoms with Crippen LogP contribution in [0.25, 0.3) is 0 Å². The molecule has 1 heterocycles. The zero-order chi connectivity index (χ0) is 10.1. The molecule has 14 heavy (non-hydrogen) atoms. The number of ether oxygens (including phenoxy) is 1. The average molecular weight is 234 g/mol. The fourth-order valence-electron chi connectivity index (χ4n) is 1.44. The van der Waals surface area contributed by atoms with Crippen LogP contribution in [0.1, 0.15) is 18.4 Å². The molecule has 0 unspecified atom stereocenters. The second kappa shape index (κ2) is 4.05. The lowest BCUT2D eigenvalue weighted by molar-refractivity contribution is 0.216. The molecule has 1 saturated heterocycles. The fraction of sp³-hybridized carbons (Fsp3) is 0.300. The van der Waals surface area contributed by atoms with E-state index in [1.165, 1.54) is 0 Å². The highest BCUT2D eigenvalue weighted by Gasteiger charge is 2.21. The second-order valence-electron chi connectivity index (χ2n) is 3.13. The largest absolute Gasteiger partial charge is 0.367 e. The number of benzene rings is 1. The first kappa shape index (κ1) is 10.2. The van der Waals surface area contributed by atoms with E-state index in [2.05, 4.69) is 0 Å². The van der Waals surface area contributed by atoms with Gasteiger partial charge in [-0.05, 0) is 30.5 Å². The molecule has 0 aromatic heterocycles. The molecule has 75 valence electrons. The lowest BCUT2D eigenvalue weighted by atomic mass is 10.1. The third-order valence-electron chi connectivity index (χ3n) is 2.13. The van der Waals surface area contributed by atoms with Crippen LogP contribution >= 0.6 is 23.2 Å². The van der Waals surface area contributed by atoms with Gasteiger partial charge in [0.25, 0.3) is 0 Å². The summed E-state index contributed by atoms with van der Waals surface area (Å²) in [7, 11) is 0. The average Bonchev–Trinajstić information content (AvgIpc) is 2.66. The summed E-state index contributed by atoms with van der Waals surface area (Å²) < 4.78 is 18.4. The minimum absolute atomic E-state index is 0.0375. The van der Waals surface area contributed by atoms with Crippen molar-refractivity contribution in [2.24, 2.45) is 0 Å². The van der Waals surface area contributed by atoms with E-state index in [4.69, 9.17) is 27.9 Å². The molecule has 1 radical (unpaired) electrons. The van der Waals surface area contributed by atoms with Gasteiger partial charge >= 0.3 is 0 Å². The summed E-state index contributed by atoms with van der Waals surface area (Å²) in [5.41, 5.74) is 0.777. The van der Waals surface area contributed by atoms with Crippen molar-refractivity contribution in [3.63, 3.8) is 0 Å². The Balaban J connectivity index is 2.34.